The number of pyridine rings is 1. The van der Waals surface area contributed by atoms with Crippen molar-refractivity contribution >= 4 is 15.9 Å². The molecule has 0 fully saturated rings. The molecule has 0 bridgehead atoms. The summed E-state index contributed by atoms with van der Waals surface area (Å²) in [4.78, 5) is 13.2. The van der Waals surface area contributed by atoms with E-state index in [9.17, 15) is 14.5 Å². The van der Waals surface area contributed by atoms with Gasteiger partial charge in [-0.05, 0) is 27.6 Å². The first kappa shape index (κ1) is 10.0. The van der Waals surface area contributed by atoms with E-state index in [0.29, 0.717) is 5.56 Å². The molecule has 13 heavy (non-hydrogen) atoms. The second-order valence-electron chi connectivity index (χ2n) is 2.38. The minimum Gasteiger partial charge on any atom is -0.265 e. The van der Waals surface area contributed by atoms with Gasteiger partial charge in [0.2, 0.25) is 6.54 Å². The van der Waals surface area contributed by atoms with Gasteiger partial charge in [-0.15, -0.1) is 0 Å². The zero-order valence-electron chi connectivity index (χ0n) is 6.54. The monoisotopic (exact) mass is 248 g/mol. The van der Waals surface area contributed by atoms with Crippen LogP contribution in [0.5, 0.6) is 0 Å². The zero-order chi connectivity index (χ0) is 9.84. The molecular weight excluding hydrogens is 243 g/mol. The SMILES string of the molecule is O=[N+]([O-])CCc1ccnc(Br)c1F. The first-order valence-electron chi connectivity index (χ1n) is 3.52. The molecule has 1 rings (SSSR count). The Balaban J connectivity index is 2.77. The second kappa shape index (κ2) is 4.27. The van der Waals surface area contributed by atoms with Gasteiger partial charge in [0.1, 0.15) is 4.60 Å². The Labute approximate surface area is 82.1 Å². The van der Waals surface area contributed by atoms with Crippen molar-refractivity contribution in [3.05, 3.63) is 38.4 Å². The summed E-state index contributed by atoms with van der Waals surface area (Å²) in [6.07, 6.45) is 1.49. The van der Waals surface area contributed by atoms with E-state index in [1.807, 2.05) is 0 Å². The molecule has 0 aliphatic carbocycles. The molecule has 1 aromatic rings. The third-order valence-electron chi connectivity index (χ3n) is 1.49. The molecule has 0 atom stereocenters. The third-order valence-corrected chi connectivity index (χ3v) is 2.04. The van der Waals surface area contributed by atoms with Crippen molar-refractivity contribution < 1.29 is 9.31 Å². The Morgan fingerprint density at radius 1 is 1.69 bits per heavy atom. The van der Waals surface area contributed by atoms with Gasteiger partial charge in [-0.1, -0.05) is 0 Å². The van der Waals surface area contributed by atoms with Crippen molar-refractivity contribution in [2.24, 2.45) is 0 Å². The maximum absolute atomic E-state index is 13.1. The average Bonchev–Trinajstić information content (AvgIpc) is 2.07. The molecule has 0 radical (unpaired) electrons. The summed E-state index contributed by atoms with van der Waals surface area (Å²) in [7, 11) is 0. The van der Waals surface area contributed by atoms with Crippen LogP contribution in [-0.4, -0.2) is 16.5 Å². The Hall–Kier alpha value is -1.04. The van der Waals surface area contributed by atoms with E-state index < -0.39 is 10.7 Å². The molecular formula is C7H6BrFN2O2. The van der Waals surface area contributed by atoms with Crippen molar-refractivity contribution in [1.29, 1.82) is 0 Å². The minimum absolute atomic E-state index is 0.0833. The largest absolute Gasteiger partial charge is 0.265 e. The highest BCUT2D eigenvalue weighted by atomic mass is 79.9. The van der Waals surface area contributed by atoms with Crippen molar-refractivity contribution in [3.8, 4) is 0 Å². The minimum atomic E-state index is -0.524. The third kappa shape index (κ3) is 2.73. The van der Waals surface area contributed by atoms with Gasteiger partial charge in [0.05, 0.1) is 0 Å². The lowest BCUT2D eigenvalue weighted by Gasteiger charge is -1.99. The maximum atomic E-state index is 13.1. The van der Waals surface area contributed by atoms with Crippen LogP contribution in [0.4, 0.5) is 4.39 Å². The van der Waals surface area contributed by atoms with Crippen LogP contribution < -0.4 is 0 Å². The van der Waals surface area contributed by atoms with E-state index in [1.165, 1.54) is 12.3 Å². The summed E-state index contributed by atoms with van der Waals surface area (Å²) in [5.74, 6) is -0.524. The molecule has 0 aliphatic rings. The van der Waals surface area contributed by atoms with E-state index >= 15 is 0 Å². The average molecular weight is 249 g/mol. The van der Waals surface area contributed by atoms with E-state index in [1.54, 1.807) is 0 Å². The van der Waals surface area contributed by atoms with Crippen LogP contribution in [0.3, 0.4) is 0 Å². The van der Waals surface area contributed by atoms with Gasteiger partial charge < -0.3 is 0 Å². The smallest absolute Gasteiger partial charge is 0.208 e. The molecule has 0 unspecified atom stereocenters. The number of rotatable bonds is 3. The van der Waals surface area contributed by atoms with Crippen LogP contribution >= 0.6 is 15.9 Å². The molecule has 0 spiro atoms. The van der Waals surface area contributed by atoms with Gasteiger partial charge in [-0.25, -0.2) is 9.37 Å². The Kier molecular flexibility index (Phi) is 3.30. The van der Waals surface area contributed by atoms with E-state index in [2.05, 4.69) is 20.9 Å². The van der Waals surface area contributed by atoms with Gasteiger partial charge >= 0.3 is 0 Å². The highest BCUT2D eigenvalue weighted by Gasteiger charge is 2.08. The molecule has 0 amide bonds. The van der Waals surface area contributed by atoms with E-state index in [-0.39, 0.29) is 17.6 Å². The van der Waals surface area contributed by atoms with Crippen LogP contribution in [-0.2, 0) is 6.42 Å². The topological polar surface area (TPSA) is 56.0 Å². The predicted octanol–water partition coefficient (Wildman–Crippen LogP) is 1.80. The van der Waals surface area contributed by atoms with Crippen molar-refractivity contribution in [2.75, 3.05) is 6.54 Å². The lowest BCUT2D eigenvalue weighted by Crippen LogP contribution is -2.06. The lowest BCUT2D eigenvalue weighted by molar-refractivity contribution is -0.479. The molecule has 70 valence electrons. The van der Waals surface area contributed by atoms with Crippen molar-refractivity contribution in [2.45, 2.75) is 6.42 Å². The van der Waals surface area contributed by atoms with Crippen LogP contribution in [0.2, 0.25) is 0 Å². The number of hydrogen-bond donors (Lipinski definition) is 0. The molecule has 0 saturated heterocycles. The molecule has 1 heterocycles. The number of halogens is 2. The zero-order valence-corrected chi connectivity index (χ0v) is 8.12. The summed E-state index contributed by atoms with van der Waals surface area (Å²) in [6, 6.07) is 1.43. The highest BCUT2D eigenvalue weighted by molar-refractivity contribution is 9.10. The van der Waals surface area contributed by atoms with Gasteiger partial charge in [0, 0.05) is 17.5 Å². The van der Waals surface area contributed by atoms with E-state index in [0.717, 1.165) is 0 Å². The van der Waals surface area contributed by atoms with Crippen molar-refractivity contribution in [1.82, 2.24) is 4.98 Å². The standard InChI is InChI=1S/C7H6BrFN2O2/c8-7-6(9)5(1-3-10-7)2-4-11(12)13/h1,3H,2,4H2. The van der Waals surface area contributed by atoms with Crippen LogP contribution in [0.15, 0.2) is 16.9 Å². The normalized spacial score (nSPS) is 10.0. The van der Waals surface area contributed by atoms with Crippen LogP contribution in [0, 0.1) is 15.9 Å². The Bertz CT molecular complexity index is 332. The number of nitrogens with zero attached hydrogens (tertiary/aromatic N) is 2. The highest BCUT2D eigenvalue weighted by Crippen LogP contribution is 2.15. The first-order valence-corrected chi connectivity index (χ1v) is 4.31. The van der Waals surface area contributed by atoms with Gasteiger partial charge in [-0.2, -0.15) is 0 Å². The van der Waals surface area contributed by atoms with Crippen LogP contribution in [0.25, 0.3) is 0 Å². The quantitative estimate of drug-likeness (QED) is 0.466. The van der Waals surface area contributed by atoms with Gasteiger partial charge in [-0.3, -0.25) is 10.1 Å². The number of nitro groups is 1. The first-order chi connectivity index (χ1) is 6.11. The molecule has 4 nitrogen and oxygen atoms in total. The summed E-state index contributed by atoms with van der Waals surface area (Å²) >= 11 is 2.90. The molecule has 0 aromatic carbocycles. The number of aromatic nitrogens is 1. The summed E-state index contributed by atoms with van der Waals surface area (Å²) in [5.41, 5.74) is 0.304. The summed E-state index contributed by atoms with van der Waals surface area (Å²) in [6.45, 7) is -0.270. The fourth-order valence-electron chi connectivity index (χ4n) is 0.860. The van der Waals surface area contributed by atoms with Crippen molar-refractivity contribution in [3.63, 3.8) is 0 Å². The molecule has 0 saturated carbocycles. The Morgan fingerprint density at radius 2 is 2.38 bits per heavy atom. The van der Waals surface area contributed by atoms with E-state index in [4.69, 9.17) is 0 Å². The fraction of sp³-hybridized carbons (Fsp3) is 0.286. The number of hydrogen-bond acceptors (Lipinski definition) is 3. The molecule has 0 aliphatic heterocycles. The predicted molar refractivity (Wildman–Crippen MR) is 47.5 cm³/mol. The molecule has 1 aromatic heterocycles. The maximum Gasteiger partial charge on any atom is 0.208 e. The van der Waals surface area contributed by atoms with Gasteiger partial charge in [0.15, 0.2) is 5.82 Å². The molecule has 0 N–H and O–H groups in total. The lowest BCUT2D eigenvalue weighted by atomic mass is 10.2. The summed E-state index contributed by atoms with van der Waals surface area (Å²) in [5, 5.41) is 10.0. The Morgan fingerprint density at radius 3 is 3.00 bits per heavy atom. The summed E-state index contributed by atoms with van der Waals surface area (Å²) < 4.78 is 13.2. The second-order valence-corrected chi connectivity index (χ2v) is 3.13. The van der Waals surface area contributed by atoms with Crippen LogP contribution in [0.1, 0.15) is 5.56 Å². The van der Waals surface area contributed by atoms with Gasteiger partial charge in [0.25, 0.3) is 0 Å². The molecule has 6 heteroatoms. The fourth-order valence-corrected chi connectivity index (χ4v) is 1.23.